The summed E-state index contributed by atoms with van der Waals surface area (Å²) in [6.07, 6.45) is 5.91. The number of unbranched alkanes of at least 4 members (excludes halogenated alkanes) is 5. The zero-order valence-corrected chi connectivity index (χ0v) is 22.3. The van der Waals surface area contributed by atoms with Crippen molar-refractivity contribution in [2.45, 2.75) is 111 Å². The third-order valence-electron chi connectivity index (χ3n) is 5.53. The molecule has 0 aromatic carbocycles. The number of rotatable bonds is 15. The Labute approximate surface area is 210 Å². The quantitative estimate of drug-likeness (QED) is 0.180. The minimum Gasteiger partial charge on any atom is -0.466 e. The van der Waals surface area contributed by atoms with Gasteiger partial charge in [-0.25, -0.2) is 4.79 Å². The summed E-state index contributed by atoms with van der Waals surface area (Å²) in [6, 6.07) is 0. The number of nitrogens with zero attached hydrogens (tertiary/aromatic N) is 1. The van der Waals surface area contributed by atoms with Crippen LogP contribution in [0.4, 0.5) is 4.79 Å². The maximum absolute atomic E-state index is 12.6. The van der Waals surface area contributed by atoms with Crippen molar-refractivity contribution in [3.05, 3.63) is 0 Å². The van der Waals surface area contributed by atoms with Gasteiger partial charge in [0.25, 0.3) is 0 Å². The molecule has 202 valence electrons. The van der Waals surface area contributed by atoms with Crippen LogP contribution in [0.3, 0.4) is 0 Å². The van der Waals surface area contributed by atoms with Gasteiger partial charge >= 0.3 is 24.0 Å². The summed E-state index contributed by atoms with van der Waals surface area (Å²) >= 11 is 0. The van der Waals surface area contributed by atoms with Crippen LogP contribution in [0.25, 0.3) is 0 Å². The highest BCUT2D eigenvalue weighted by molar-refractivity contribution is 5.76. The number of hydrogen-bond acceptors (Lipinski definition) is 8. The Bertz CT molecular complexity index is 673. The van der Waals surface area contributed by atoms with E-state index in [-0.39, 0.29) is 32.4 Å². The number of likely N-dealkylation sites (tertiary alicyclic amines) is 1. The first-order chi connectivity index (χ1) is 16.5. The number of carbonyl (C=O) groups is 4. The second-order valence-corrected chi connectivity index (χ2v) is 10.1. The molecule has 0 spiro atoms. The van der Waals surface area contributed by atoms with E-state index in [0.29, 0.717) is 19.6 Å². The maximum atomic E-state index is 12.6. The second kappa shape index (κ2) is 16.4. The average molecular weight is 500 g/mol. The number of carbonyl (C=O) groups excluding carboxylic acids is 4. The van der Waals surface area contributed by atoms with Crippen molar-refractivity contribution in [2.24, 2.45) is 5.92 Å². The molecule has 1 saturated heterocycles. The molecule has 0 N–H and O–H groups in total. The largest absolute Gasteiger partial charge is 0.466 e. The molecule has 1 amide bonds. The lowest BCUT2D eigenvalue weighted by atomic mass is 9.97. The Morgan fingerprint density at radius 1 is 0.857 bits per heavy atom. The van der Waals surface area contributed by atoms with Crippen molar-refractivity contribution >= 4 is 24.0 Å². The Morgan fingerprint density at radius 2 is 1.46 bits per heavy atom. The summed E-state index contributed by atoms with van der Waals surface area (Å²) in [5.74, 6) is -1.98. The van der Waals surface area contributed by atoms with Crippen LogP contribution in [0.15, 0.2) is 0 Å². The topological polar surface area (TPSA) is 108 Å². The van der Waals surface area contributed by atoms with Crippen LogP contribution in [-0.2, 0) is 33.3 Å². The zero-order chi connectivity index (χ0) is 26.3. The molecule has 1 aliphatic rings. The molecule has 0 bridgehead atoms. The molecule has 2 atom stereocenters. The van der Waals surface area contributed by atoms with Gasteiger partial charge < -0.3 is 23.8 Å². The van der Waals surface area contributed by atoms with Crippen LogP contribution in [0.1, 0.15) is 98.8 Å². The molecule has 9 heteroatoms. The highest BCUT2D eigenvalue weighted by Gasteiger charge is 2.32. The third kappa shape index (κ3) is 14.6. The van der Waals surface area contributed by atoms with Gasteiger partial charge in [-0.05, 0) is 40.0 Å². The molecule has 35 heavy (non-hydrogen) atoms. The van der Waals surface area contributed by atoms with E-state index in [9.17, 15) is 19.2 Å². The summed E-state index contributed by atoms with van der Waals surface area (Å²) in [4.78, 5) is 50.6. The van der Waals surface area contributed by atoms with E-state index in [0.717, 1.165) is 19.3 Å². The lowest BCUT2D eigenvalue weighted by Gasteiger charge is -2.24. The van der Waals surface area contributed by atoms with Crippen LogP contribution in [-0.4, -0.2) is 66.9 Å². The van der Waals surface area contributed by atoms with Crippen molar-refractivity contribution in [2.75, 3.05) is 26.3 Å². The van der Waals surface area contributed by atoms with Crippen molar-refractivity contribution in [1.82, 2.24) is 4.90 Å². The second-order valence-electron chi connectivity index (χ2n) is 10.1. The van der Waals surface area contributed by atoms with Crippen molar-refractivity contribution < 1.29 is 38.1 Å². The molecule has 0 aromatic rings. The van der Waals surface area contributed by atoms with Gasteiger partial charge in [0.1, 0.15) is 11.7 Å². The Balaban J connectivity index is 2.49. The first-order valence-electron chi connectivity index (χ1n) is 13.0. The first kappa shape index (κ1) is 30.7. The fraction of sp³-hybridized carbons (Fsp3) is 0.846. The van der Waals surface area contributed by atoms with E-state index < -0.39 is 41.6 Å². The molecule has 1 rings (SSSR count). The third-order valence-corrected chi connectivity index (χ3v) is 5.53. The van der Waals surface area contributed by atoms with E-state index in [2.05, 4.69) is 6.92 Å². The molecular weight excluding hydrogens is 454 g/mol. The molecule has 0 radical (unpaired) electrons. The number of hydrogen-bond donors (Lipinski definition) is 0. The summed E-state index contributed by atoms with van der Waals surface area (Å²) < 4.78 is 21.2. The molecule has 0 saturated carbocycles. The van der Waals surface area contributed by atoms with Crippen molar-refractivity contribution in [3.8, 4) is 0 Å². The van der Waals surface area contributed by atoms with E-state index in [4.69, 9.17) is 18.9 Å². The van der Waals surface area contributed by atoms with Gasteiger partial charge in [0.2, 0.25) is 0 Å². The zero-order valence-electron chi connectivity index (χ0n) is 22.3. The smallest absolute Gasteiger partial charge is 0.410 e. The highest BCUT2D eigenvalue weighted by atomic mass is 16.6. The minimum atomic E-state index is -0.601. The van der Waals surface area contributed by atoms with Gasteiger partial charge in [-0.3, -0.25) is 14.4 Å². The predicted octanol–water partition coefficient (Wildman–Crippen LogP) is 4.79. The standard InChI is InChI=1S/C26H45NO8/c1-6-8-9-10-11-12-15-33-23(29)17-20(16-22(28)32-7-2)18-24(30)34-21-13-14-27(19-21)25(31)35-26(3,4)5/h20-21H,6-19H2,1-5H3. The monoisotopic (exact) mass is 499 g/mol. The molecule has 1 aliphatic heterocycles. The van der Waals surface area contributed by atoms with Gasteiger partial charge in [0, 0.05) is 32.2 Å². The molecule has 2 unspecified atom stereocenters. The molecule has 0 aliphatic carbocycles. The molecule has 1 fully saturated rings. The van der Waals surface area contributed by atoms with E-state index in [1.807, 2.05) is 0 Å². The first-order valence-corrected chi connectivity index (χ1v) is 13.0. The Hall–Kier alpha value is -2.32. The molecular formula is C26H45NO8. The fourth-order valence-electron chi connectivity index (χ4n) is 3.82. The summed E-state index contributed by atoms with van der Waals surface area (Å²) in [5, 5.41) is 0. The normalized spacial score (nSPS) is 16.5. The van der Waals surface area contributed by atoms with Crippen LogP contribution < -0.4 is 0 Å². The molecule has 0 aromatic heterocycles. The van der Waals surface area contributed by atoms with E-state index >= 15 is 0 Å². The van der Waals surface area contributed by atoms with Crippen LogP contribution in [0.5, 0.6) is 0 Å². The van der Waals surface area contributed by atoms with Gasteiger partial charge in [0.15, 0.2) is 0 Å². The van der Waals surface area contributed by atoms with Crippen LogP contribution in [0.2, 0.25) is 0 Å². The van der Waals surface area contributed by atoms with Crippen molar-refractivity contribution in [1.29, 1.82) is 0 Å². The molecule has 1 heterocycles. The lowest BCUT2D eigenvalue weighted by molar-refractivity contribution is -0.152. The van der Waals surface area contributed by atoms with Crippen molar-refractivity contribution in [3.63, 3.8) is 0 Å². The van der Waals surface area contributed by atoms with Gasteiger partial charge in [0.05, 0.1) is 19.8 Å². The number of amides is 1. The minimum absolute atomic E-state index is 0.0571. The van der Waals surface area contributed by atoms with Gasteiger partial charge in [-0.1, -0.05) is 39.0 Å². The average Bonchev–Trinajstić information content (AvgIpc) is 3.20. The van der Waals surface area contributed by atoms with E-state index in [1.165, 1.54) is 24.2 Å². The SMILES string of the molecule is CCCCCCCCOC(=O)CC(CC(=O)OCC)CC(=O)OC1CCN(C(=O)OC(C)(C)C)C1. The Kier molecular flexibility index (Phi) is 14.4. The van der Waals surface area contributed by atoms with Gasteiger partial charge in [-0.15, -0.1) is 0 Å². The lowest BCUT2D eigenvalue weighted by Crippen LogP contribution is -2.36. The summed E-state index contributed by atoms with van der Waals surface area (Å²) in [7, 11) is 0. The van der Waals surface area contributed by atoms with Crippen LogP contribution >= 0.6 is 0 Å². The van der Waals surface area contributed by atoms with Gasteiger partial charge in [-0.2, -0.15) is 0 Å². The predicted molar refractivity (Wildman–Crippen MR) is 131 cm³/mol. The fourth-order valence-corrected chi connectivity index (χ4v) is 3.82. The number of esters is 3. The maximum Gasteiger partial charge on any atom is 0.410 e. The summed E-state index contributed by atoms with van der Waals surface area (Å²) in [5.41, 5.74) is -0.601. The number of ether oxygens (including phenoxy) is 4. The highest BCUT2D eigenvalue weighted by Crippen LogP contribution is 2.21. The molecule has 9 nitrogen and oxygen atoms in total. The van der Waals surface area contributed by atoms with Crippen LogP contribution in [0, 0.1) is 5.92 Å². The van der Waals surface area contributed by atoms with E-state index in [1.54, 1.807) is 27.7 Å². The Morgan fingerprint density at radius 3 is 2.09 bits per heavy atom. The summed E-state index contributed by atoms with van der Waals surface area (Å²) in [6.45, 7) is 10.5.